The molecule has 256 valence electrons. The molecule has 3 heteroatoms. The van der Waals surface area contributed by atoms with Crippen LogP contribution in [0.5, 0.6) is 0 Å². The zero-order valence-electron chi connectivity index (χ0n) is 29.9. The Morgan fingerprint density at radius 3 is 1.64 bits per heavy atom. The van der Waals surface area contributed by atoms with Crippen molar-refractivity contribution in [3.63, 3.8) is 0 Å². The highest BCUT2D eigenvalue weighted by Crippen LogP contribution is 2.44. The molecule has 55 heavy (non-hydrogen) atoms. The molecule has 0 aliphatic rings. The summed E-state index contributed by atoms with van der Waals surface area (Å²) in [6, 6.07) is 67.6. The van der Waals surface area contributed by atoms with E-state index in [4.69, 9.17) is 4.98 Å². The predicted octanol–water partition coefficient (Wildman–Crippen LogP) is 13.7. The van der Waals surface area contributed by atoms with Gasteiger partial charge in [-0.15, -0.1) is 0 Å². The minimum Gasteiger partial charge on any atom is -0.309 e. The number of rotatable bonds is 5. The quantitative estimate of drug-likeness (QED) is 0.167. The molecule has 0 atom stereocenters. The van der Waals surface area contributed by atoms with E-state index in [1.54, 1.807) is 0 Å². The fourth-order valence-electron chi connectivity index (χ4n) is 8.54. The Balaban J connectivity index is 0.998. The number of hydrogen-bond acceptors (Lipinski definition) is 2. The zero-order valence-corrected chi connectivity index (χ0v) is 29.9. The highest BCUT2D eigenvalue weighted by molar-refractivity contribution is 6.21. The first-order valence-corrected chi connectivity index (χ1v) is 18.7. The van der Waals surface area contributed by atoms with Gasteiger partial charge < -0.3 is 4.57 Å². The van der Waals surface area contributed by atoms with Gasteiger partial charge in [-0.05, 0) is 103 Å². The first kappa shape index (κ1) is 31.2. The molecule has 0 amide bonds. The van der Waals surface area contributed by atoms with E-state index in [2.05, 4.69) is 198 Å². The van der Waals surface area contributed by atoms with Gasteiger partial charge in [-0.1, -0.05) is 140 Å². The molecule has 0 bridgehead atoms. The molecule has 0 spiro atoms. The average Bonchev–Trinajstić information content (AvgIpc) is 3.59. The number of nitrogens with zero attached hydrogens (tertiary/aromatic N) is 3. The summed E-state index contributed by atoms with van der Waals surface area (Å²) < 4.78 is 2.31. The summed E-state index contributed by atoms with van der Waals surface area (Å²) in [6.07, 6.45) is 3.83. The molecule has 8 aromatic carbocycles. The Bertz CT molecular complexity index is 3190. The van der Waals surface area contributed by atoms with Crippen LogP contribution >= 0.6 is 0 Å². The molecule has 3 nitrogen and oxygen atoms in total. The van der Waals surface area contributed by atoms with Crippen molar-refractivity contribution in [2.45, 2.75) is 0 Å². The minimum absolute atomic E-state index is 0.939. The third kappa shape index (κ3) is 5.13. The molecule has 3 aromatic heterocycles. The van der Waals surface area contributed by atoms with Crippen LogP contribution in [0.2, 0.25) is 0 Å². The van der Waals surface area contributed by atoms with E-state index >= 15 is 0 Å². The van der Waals surface area contributed by atoms with Crippen LogP contribution in [0.3, 0.4) is 0 Å². The van der Waals surface area contributed by atoms with Gasteiger partial charge in [-0.2, -0.15) is 0 Å². The van der Waals surface area contributed by atoms with E-state index in [0.717, 1.165) is 50.0 Å². The highest BCUT2D eigenvalue weighted by Gasteiger charge is 2.18. The summed E-state index contributed by atoms with van der Waals surface area (Å²) in [5, 5.41) is 9.79. The summed E-state index contributed by atoms with van der Waals surface area (Å²) in [6.45, 7) is 0. The molecule has 0 saturated heterocycles. The molecule has 0 aliphatic carbocycles. The second-order valence-corrected chi connectivity index (χ2v) is 14.2. The lowest BCUT2D eigenvalue weighted by molar-refractivity contribution is 1.17. The summed E-state index contributed by atoms with van der Waals surface area (Å²) in [7, 11) is 0. The van der Waals surface area contributed by atoms with Crippen molar-refractivity contribution in [3.8, 4) is 50.5 Å². The maximum atomic E-state index is 5.21. The van der Waals surface area contributed by atoms with E-state index in [0.29, 0.717) is 0 Å². The Morgan fingerprint density at radius 2 is 0.909 bits per heavy atom. The van der Waals surface area contributed by atoms with Gasteiger partial charge in [0.05, 0.1) is 22.4 Å². The topological polar surface area (TPSA) is 30.7 Å². The van der Waals surface area contributed by atoms with E-state index in [1.165, 1.54) is 54.6 Å². The van der Waals surface area contributed by atoms with Crippen LogP contribution < -0.4 is 0 Å². The van der Waals surface area contributed by atoms with E-state index < -0.39 is 0 Å². The number of aromatic nitrogens is 3. The molecule has 0 saturated carbocycles. The van der Waals surface area contributed by atoms with Crippen LogP contribution in [0.1, 0.15) is 0 Å². The van der Waals surface area contributed by atoms with Gasteiger partial charge >= 0.3 is 0 Å². The Morgan fingerprint density at radius 1 is 0.345 bits per heavy atom. The van der Waals surface area contributed by atoms with Gasteiger partial charge in [0, 0.05) is 40.0 Å². The number of pyridine rings is 2. The van der Waals surface area contributed by atoms with Gasteiger partial charge in [-0.25, -0.2) is 4.98 Å². The Hall–Kier alpha value is -7.36. The molecule has 3 heterocycles. The average molecular weight is 700 g/mol. The highest BCUT2D eigenvalue weighted by atomic mass is 15.0. The lowest BCUT2D eigenvalue weighted by atomic mass is 9.85. The summed E-state index contributed by atoms with van der Waals surface area (Å²) in [4.78, 5) is 9.70. The van der Waals surface area contributed by atoms with Crippen molar-refractivity contribution in [3.05, 3.63) is 200 Å². The second kappa shape index (κ2) is 12.6. The number of para-hydroxylation sites is 1. The zero-order chi connectivity index (χ0) is 36.3. The monoisotopic (exact) mass is 699 g/mol. The largest absolute Gasteiger partial charge is 0.309 e. The fourth-order valence-corrected chi connectivity index (χ4v) is 8.54. The lowest BCUT2D eigenvalue weighted by Crippen LogP contribution is -1.93. The Labute approximate surface area is 318 Å². The van der Waals surface area contributed by atoms with Crippen LogP contribution in [0.25, 0.3) is 105 Å². The predicted molar refractivity (Wildman–Crippen MR) is 231 cm³/mol. The van der Waals surface area contributed by atoms with E-state index in [9.17, 15) is 0 Å². The molecule has 0 aliphatic heterocycles. The summed E-state index contributed by atoms with van der Waals surface area (Å²) in [5.74, 6) is 0. The standard InChI is InChI=1S/C52H33N3/c1-2-13-40(14-3-1)55-49-28-27-38(32-45(49)46-33-53-30-29-50(46)55)48-20-10-19-47(54-48)35-22-24-36(25-23-35)51-41-15-6-8-17-43(41)52(44-18-9-7-16-42(44)51)39-26-21-34-11-4-5-12-37(34)31-39/h1-33H. The molecule has 11 rings (SSSR count). The van der Waals surface area contributed by atoms with Crippen molar-refractivity contribution < 1.29 is 0 Å². The summed E-state index contributed by atoms with van der Waals surface area (Å²) >= 11 is 0. The molecular formula is C52H33N3. The van der Waals surface area contributed by atoms with Crippen molar-refractivity contribution in [2.75, 3.05) is 0 Å². The van der Waals surface area contributed by atoms with Gasteiger partial charge in [-0.3, -0.25) is 4.98 Å². The normalized spacial score (nSPS) is 11.6. The number of fused-ring (bicyclic) bond motifs is 6. The molecular weight excluding hydrogens is 667 g/mol. The molecule has 0 radical (unpaired) electrons. The van der Waals surface area contributed by atoms with Gasteiger partial charge in [0.1, 0.15) is 0 Å². The SMILES string of the molecule is c1ccc(-n2c3ccncc3c3cc(-c4cccc(-c5ccc(-c6c7ccccc7c(-c7ccc8ccccc8c7)c7ccccc67)cc5)n4)ccc32)cc1. The number of hydrogen-bond donors (Lipinski definition) is 0. The molecule has 0 N–H and O–H groups in total. The Kier molecular flexibility index (Phi) is 7.17. The van der Waals surface area contributed by atoms with Crippen molar-refractivity contribution in [1.82, 2.24) is 14.5 Å². The third-order valence-corrected chi connectivity index (χ3v) is 11.1. The van der Waals surface area contributed by atoms with Crippen LogP contribution in [0.4, 0.5) is 0 Å². The van der Waals surface area contributed by atoms with Crippen molar-refractivity contribution >= 4 is 54.1 Å². The molecule has 11 aromatic rings. The smallest absolute Gasteiger partial charge is 0.0709 e. The fraction of sp³-hybridized carbons (Fsp3) is 0. The van der Waals surface area contributed by atoms with Crippen LogP contribution in [-0.4, -0.2) is 14.5 Å². The van der Waals surface area contributed by atoms with Crippen molar-refractivity contribution in [1.29, 1.82) is 0 Å². The van der Waals surface area contributed by atoms with Gasteiger partial charge in [0.2, 0.25) is 0 Å². The third-order valence-electron chi connectivity index (χ3n) is 11.1. The first-order valence-electron chi connectivity index (χ1n) is 18.7. The summed E-state index contributed by atoms with van der Waals surface area (Å²) in [5.41, 5.74) is 12.4. The van der Waals surface area contributed by atoms with Crippen LogP contribution in [-0.2, 0) is 0 Å². The maximum absolute atomic E-state index is 5.21. The van der Waals surface area contributed by atoms with Gasteiger partial charge in [0.25, 0.3) is 0 Å². The maximum Gasteiger partial charge on any atom is 0.0709 e. The lowest BCUT2D eigenvalue weighted by Gasteiger charge is -2.18. The molecule has 0 unspecified atom stereocenters. The van der Waals surface area contributed by atoms with E-state index in [-0.39, 0.29) is 0 Å². The van der Waals surface area contributed by atoms with Crippen LogP contribution in [0.15, 0.2) is 200 Å². The minimum atomic E-state index is 0.939. The first-order chi connectivity index (χ1) is 27.3. The molecule has 0 fully saturated rings. The van der Waals surface area contributed by atoms with Crippen molar-refractivity contribution in [2.24, 2.45) is 0 Å². The number of benzene rings is 8. The van der Waals surface area contributed by atoms with E-state index in [1.807, 2.05) is 12.4 Å². The second-order valence-electron chi connectivity index (χ2n) is 14.2. The van der Waals surface area contributed by atoms with Gasteiger partial charge in [0.15, 0.2) is 0 Å². The van der Waals surface area contributed by atoms with Crippen LogP contribution in [0, 0.1) is 0 Å².